The van der Waals surface area contributed by atoms with E-state index >= 15 is 0 Å². The average molecular weight is 212 g/mol. The molecule has 0 bridgehead atoms. The summed E-state index contributed by atoms with van der Waals surface area (Å²) in [5.74, 6) is 0.279. The van der Waals surface area contributed by atoms with E-state index in [2.05, 4.69) is 0 Å². The first-order chi connectivity index (χ1) is 6.59. The van der Waals surface area contributed by atoms with Crippen LogP contribution in [0.5, 0.6) is 5.75 Å². The lowest BCUT2D eigenvalue weighted by atomic mass is 10.0. The zero-order valence-electron chi connectivity index (χ0n) is 7.96. The van der Waals surface area contributed by atoms with E-state index in [4.69, 9.17) is 17.3 Å². The van der Waals surface area contributed by atoms with Gasteiger partial charge in [-0.3, -0.25) is 0 Å². The number of hydrogen-bond acceptors (Lipinski definition) is 2. The number of benzene rings is 1. The van der Waals surface area contributed by atoms with Gasteiger partial charge < -0.3 is 10.8 Å². The lowest BCUT2D eigenvalue weighted by Gasteiger charge is -2.09. The Morgan fingerprint density at radius 1 is 1.43 bits per heavy atom. The van der Waals surface area contributed by atoms with Crippen LogP contribution in [-0.4, -0.2) is 10.6 Å². The number of aryl methyl sites for hydroxylation is 1. The van der Waals surface area contributed by atoms with Crippen molar-refractivity contribution in [3.8, 4) is 5.75 Å². The number of halogens is 1. The maximum Gasteiger partial charge on any atom is 0.120 e. The maximum absolute atomic E-state index is 9.58. The molecule has 1 aliphatic rings. The number of hydrogen-bond donors (Lipinski definition) is 2. The molecule has 14 heavy (non-hydrogen) atoms. The van der Waals surface area contributed by atoms with Crippen molar-refractivity contribution in [3.63, 3.8) is 0 Å². The summed E-state index contributed by atoms with van der Waals surface area (Å²) in [5.41, 5.74) is 6.95. The molecule has 2 nitrogen and oxygen atoms in total. The molecule has 2 rings (SSSR count). The lowest BCUT2D eigenvalue weighted by Crippen LogP contribution is -2.22. The van der Waals surface area contributed by atoms with Crippen LogP contribution in [0, 0.1) is 0 Å². The van der Waals surface area contributed by atoms with E-state index < -0.39 is 0 Å². The van der Waals surface area contributed by atoms with Gasteiger partial charge in [0, 0.05) is 10.6 Å². The van der Waals surface area contributed by atoms with Crippen LogP contribution in [0.3, 0.4) is 0 Å². The first-order valence-corrected chi connectivity index (χ1v) is 5.23. The van der Waals surface area contributed by atoms with Crippen LogP contribution in [0.4, 0.5) is 0 Å². The second kappa shape index (κ2) is 3.44. The highest BCUT2D eigenvalue weighted by Crippen LogP contribution is 2.37. The van der Waals surface area contributed by atoms with Gasteiger partial charge in [0.2, 0.25) is 0 Å². The summed E-state index contributed by atoms with van der Waals surface area (Å²) in [5, 5.41) is 10.2. The number of rotatable bonds is 3. The quantitative estimate of drug-likeness (QED) is 0.807. The second-order valence-corrected chi connectivity index (χ2v) is 4.57. The molecule has 1 aliphatic carbocycles. The zero-order valence-corrected chi connectivity index (χ0v) is 8.72. The van der Waals surface area contributed by atoms with E-state index in [0.717, 1.165) is 31.2 Å². The second-order valence-electron chi connectivity index (χ2n) is 4.14. The van der Waals surface area contributed by atoms with Crippen LogP contribution in [0.1, 0.15) is 24.8 Å². The van der Waals surface area contributed by atoms with E-state index in [1.807, 2.05) is 6.07 Å². The highest BCUT2D eigenvalue weighted by Gasteiger charge is 2.37. The molecule has 76 valence electrons. The highest BCUT2D eigenvalue weighted by molar-refractivity contribution is 6.30. The van der Waals surface area contributed by atoms with Crippen molar-refractivity contribution in [1.29, 1.82) is 0 Å². The third-order valence-electron chi connectivity index (χ3n) is 2.83. The molecule has 0 aliphatic heterocycles. The largest absolute Gasteiger partial charge is 0.508 e. The van der Waals surface area contributed by atoms with Gasteiger partial charge in [0.1, 0.15) is 5.75 Å². The predicted octanol–water partition coefficient (Wildman–Crippen LogP) is 2.47. The standard InChI is InChI=1S/C11H14ClNO/c12-9-2-1-8(10(14)7-9)3-4-11(13)5-6-11/h1-2,7,14H,3-6,13H2. The predicted molar refractivity (Wildman–Crippen MR) is 57.6 cm³/mol. The fourth-order valence-electron chi connectivity index (χ4n) is 1.54. The van der Waals surface area contributed by atoms with Gasteiger partial charge in [-0.25, -0.2) is 0 Å². The topological polar surface area (TPSA) is 46.2 Å². The molecule has 0 atom stereocenters. The molecule has 1 fully saturated rings. The fourth-order valence-corrected chi connectivity index (χ4v) is 1.71. The monoisotopic (exact) mass is 211 g/mol. The molecule has 0 heterocycles. The van der Waals surface area contributed by atoms with E-state index in [1.54, 1.807) is 12.1 Å². The Bertz CT molecular complexity index is 347. The van der Waals surface area contributed by atoms with Crippen LogP contribution >= 0.6 is 11.6 Å². The summed E-state index contributed by atoms with van der Waals surface area (Å²) >= 11 is 5.73. The van der Waals surface area contributed by atoms with Crippen molar-refractivity contribution in [3.05, 3.63) is 28.8 Å². The molecule has 0 radical (unpaired) electrons. The molecular formula is C11H14ClNO. The Labute approximate surface area is 88.7 Å². The van der Waals surface area contributed by atoms with E-state index in [9.17, 15) is 5.11 Å². The molecule has 0 saturated heterocycles. The molecule has 3 N–H and O–H groups in total. The molecule has 0 spiro atoms. The Hall–Kier alpha value is -0.730. The van der Waals surface area contributed by atoms with E-state index in [1.165, 1.54) is 0 Å². The van der Waals surface area contributed by atoms with Crippen LogP contribution in [-0.2, 0) is 6.42 Å². The van der Waals surface area contributed by atoms with Crippen molar-refractivity contribution >= 4 is 11.6 Å². The SMILES string of the molecule is NC1(CCc2ccc(Cl)cc2O)CC1. The van der Waals surface area contributed by atoms with Gasteiger partial charge in [0.25, 0.3) is 0 Å². The van der Waals surface area contributed by atoms with Crippen molar-refractivity contribution in [2.24, 2.45) is 5.73 Å². The van der Waals surface area contributed by atoms with Crippen LogP contribution in [0.25, 0.3) is 0 Å². The van der Waals surface area contributed by atoms with Gasteiger partial charge in [-0.1, -0.05) is 17.7 Å². The van der Waals surface area contributed by atoms with Crippen molar-refractivity contribution in [2.75, 3.05) is 0 Å². The molecule has 0 unspecified atom stereocenters. The molecule has 0 aromatic heterocycles. The molecular weight excluding hydrogens is 198 g/mol. The number of phenolic OH excluding ortho intramolecular Hbond substituents is 1. The number of phenols is 1. The van der Waals surface area contributed by atoms with Gasteiger partial charge in [-0.05, 0) is 43.4 Å². The molecule has 1 saturated carbocycles. The van der Waals surface area contributed by atoms with Gasteiger partial charge in [-0.2, -0.15) is 0 Å². The minimum atomic E-state index is 0.0477. The smallest absolute Gasteiger partial charge is 0.120 e. The van der Waals surface area contributed by atoms with Crippen molar-refractivity contribution in [2.45, 2.75) is 31.2 Å². The third-order valence-corrected chi connectivity index (χ3v) is 3.07. The lowest BCUT2D eigenvalue weighted by molar-refractivity contribution is 0.464. The highest BCUT2D eigenvalue weighted by atomic mass is 35.5. The summed E-state index contributed by atoms with van der Waals surface area (Å²) in [6, 6.07) is 5.24. The summed E-state index contributed by atoms with van der Waals surface area (Å²) in [6.45, 7) is 0. The Morgan fingerprint density at radius 3 is 2.71 bits per heavy atom. The van der Waals surface area contributed by atoms with Gasteiger partial charge >= 0.3 is 0 Å². The summed E-state index contributed by atoms with van der Waals surface area (Å²) in [4.78, 5) is 0. The van der Waals surface area contributed by atoms with Crippen molar-refractivity contribution in [1.82, 2.24) is 0 Å². The Morgan fingerprint density at radius 2 is 2.14 bits per heavy atom. The number of nitrogens with two attached hydrogens (primary N) is 1. The number of aromatic hydroxyl groups is 1. The van der Waals surface area contributed by atoms with Gasteiger partial charge in [0.05, 0.1) is 0 Å². The van der Waals surface area contributed by atoms with Crippen LogP contribution in [0.2, 0.25) is 5.02 Å². The van der Waals surface area contributed by atoms with E-state index in [-0.39, 0.29) is 11.3 Å². The summed E-state index contributed by atoms with van der Waals surface area (Å²) in [6.07, 6.45) is 4.00. The average Bonchev–Trinajstić information content (AvgIpc) is 2.83. The minimum Gasteiger partial charge on any atom is -0.508 e. The Balaban J connectivity index is 2.02. The zero-order chi connectivity index (χ0) is 10.2. The molecule has 1 aromatic carbocycles. The maximum atomic E-state index is 9.58. The van der Waals surface area contributed by atoms with E-state index in [0.29, 0.717) is 5.02 Å². The van der Waals surface area contributed by atoms with Gasteiger partial charge in [0.15, 0.2) is 0 Å². The first kappa shape index (κ1) is 9.81. The normalized spacial score (nSPS) is 18.1. The minimum absolute atomic E-state index is 0.0477. The van der Waals surface area contributed by atoms with Crippen LogP contribution < -0.4 is 5.73 Å². The van der Waals surface area contributed by atoms with Gasteiger partial charge in [-0.15, -0.1) is 0 Å². The molecule has 1 aromatic rings. The summed E-state index contributed by atoms with van der Waals surface area (Å²) in [7, 11) is 0. The fraction of sp³-hybridized carbons (Fsp3) is 0.455. The third kappa shape index (κ3) is 2.20. The Kier molecular flexibility index (Phi) is 2.41. The van der Waals surface area contributed by atoms with Crippen molar-refractivity contribution < 1.29 is 5.11 Å². The van der Waals surface area contributed by atoms with Crippen LogP contribution in [0.15, 0.2) is 18.2 Å². The molecule has 3 heteroatoms. The molecule has 0 amide bonds. The summed E-state index contributed by atoms with van der Waals surface area (Å²) < 4.78 is 0. The first-order valence-electron chi connectivity index (χ1n) is 4.85.